The van der Waals surface area contributed by atoms with Gasteiger partial charge in [0.2, 0.25) is 0 Å². The van der Waals surface area contributed by atoms with Gasteiger partial charge in [-0.05, 0) is 31.2 Å². The van der Waals surface area contributed by atoms with Crippen LogP contribution in [0.25, 0.3) is 17.0 Å². The SMILES string of the molecule is CCOC(=O)c1c(C#N)c2nc(-c3ccc(C#N)cc3)[nH]n2c1Cl. The Morgan fingerprint density at radius 3 is 2.62 bits per heavy atom. The smallest absolute Gasteiger partial charge is 0.342 e. The van der Waals surface area contributed by atoms with E-state index in [1.165, 1.54) is 4.52 Å². The third-order valence-corrected chi connectivity index (χ3v) is 3.76. The number of halogens is 1. The Balaban J connectivity index is 2.14. The molecule has 3 rings (SSSR count). The first-order valence-corrected chi connectivity index (χ1v) is 7.36. The van der Waals surface area contributed by atoms with E-state index in [-0.39, 0.29) is 28.5 Å². The Morgan fingerprint density at radius 2 is 2.04 bits per heavy atom. The normalized spacial score (nSPS) is 10.3. The van der Waals surface area contributed by atoms with Crippen LogP contribution in [0.2, 0.25) is 5.15 Å². The van der Waals surface area contributed by atoms with Gasteiger partial charge in [-0.15, -0.1) is 0 Å². The molecule has 1 N–H and O–H groups in total. The number of esters is 1. The van der Waals surface area contributed by atoms with Crippen molar-refractivity contribution in [1.82, 2.24) is 14.6 Å². The van der Waals surface area contributed by atoms with Crippen molar-refractivity contribution in [1.29, 1.82) is 10.5 Å². The maximum absolute atomic E-state index is 12.0. The number of hydrogen-bond donors (Lipinski definition) is 1. The lowest BCUT2D eigenvalue weighted by molar-refractivity contribution is 0.0526. The van der Waals surface area contributed by atoms with E-state index < -0.39 is 5.97 Å². The molecule has 0 amide bonds. The van der Waals surface area contributed by atoms with Crippen molar-refractivity contribution in [2.45, 2.75) is 6.92 Å². The Bertz CT molecular complexity index is 1020. The zero-order chi connectivity index (χ0) is 17.3. The number of rotatable bonds is 3. The van der Waals surface area contributed by atoms with E-state index in [2.05, 4.69) is 10.1 Å². The standard InChI is InChI=1S/C16H10ClN5O2/c1-2-24-16(23)12-11(8-19)15-20-14(21-22(15)13(12)17)10-5-3-9(7-18)4-6-10/h3-6H,2H2,1H3,(H,20,21). The first-order chi connectivity index (χ1) is 11.6. The van der Waals surface area contributed by atoms with Gasteiger partial charge in [0.05, 0.1) is 18.2 Å². The van der Waals surface area contributed by atoms with Crippen molar-refractivity contribution in [3.8, 4) is 23.5 Å². The highest BCUT2D eigenvalue weighted by atomic mass is 35.5. The van der Waals surface area contributed by atoms with Crippen LogP contribution in [0.3, 0.4) is 0 Å². The fraction of sp³-hybridized carbons (Fsp3) is 0.125. The van der Waals surface area contributed by atoms with Gasteiger partial charge in [0, 0.05) is 5.56 Å². The molecule has 0 saturated carbocycles. The first-order valence-electron chi connectivity index (χ1n) is 6.98. The first kappa shape index (κ1) is 15.6. The van der Waals surface area contributed by atoms with Crippen LogP contribution in [0.1, 0.15) is 28.4 Å². The Hall–Kier alpha value is -3.29. The van der Waals surface area contributed by atoms with E-state index in [0.29, 0.717) is 11.4 Å². The summed E-state index contributed by atoms with van der Waals surface area (Å²) in [6.45, 7) is 1.84. The van der Waals surface area contributed by atoms with Gasteiger partial charge in [-0.25, -0.2) is 14.3 Å². The summed E-state index contributed by atoms with van der Waals surface area (Å²) in [6, 6.07) is 10.7. The number of nitriles is 2. The second-order valence-electron chi connectivity index (χ2n) is 4.79. The van der Waals surface area contributed by atoms with Crippen LogP contribution in [-0.2, 0) is 4.74 Å². The van der Waals surface area contributed by atoms with Gasteiger partial charge in [-0.3, -0.25) is 5.10 Å². The predicted molar refractivity (Wildman–Crippen MR) is 85.4 cm³/mol. The van der Waals surface area contributed by atoms with Gasteiger partial charge >= 0.3 is 5.97 Å². The minimum Gasteiger partial charge on any atom is -0.462 e. The Labute approximate surface area is 141 Å². The number of ether oxygens (including phenoxy) is 1. The molecule has 0 fully saturated rings. The van der Waals surface area contributed by atoms with Crippen molar-refractivity contribution >= 4 is 23.2 Å². The fourth-order valence-corrected chi connectivity index (χ4v) is 2.60. The molecule has 0 saturated heterocycles. The number of benzene rings is 1. The molecule has 0 bridgehead atoms. The predicted octanol–water partition coefficient (Wildman–Crippen LogP) is 2.90. The van der Waals surface area contributed by atoms with Crippen LogP contribution < -0.4 is 0 Å². The van der Waals surface area contributed by atoms with Gasteiger partial charge in [-0.1, -0.05) is 11.6 Å². The second kappa shape index (κ2) is 6.07. The average Bonchev–Trinajstić information content (AvgIpc) is 3.13. The lowest BCUT2D eigenvalue weighted by Gasteiger charge is -2.00. The van der Waals surface area contributed by atoms with E-state index in [4.69, 9.17) is 21.6 Å². The number of hydrogen-bond acceptors (Lipinski definition) is 5. The molecule has 24 heavy (non-hydrogen) atoms. The third kappa shape index (κ3) is 2.37. The van der Waals surface area contributed by atoms with Crippen LogP contribution in [0.4, 0.5) is 0 Å². The molecule has 0 aliphatic carbocycles. The summed E-state index contributed by atoms with van der Waals surface area (Å²) in [5.41, 5.74) is 1.53. The lowest BCUT2D eigenvalue weighted by Crippen LogP contribution is -2.06. The molecule has 2 heterocycles. The molecule has 0 atom stereocenters. The molecule has 118 valence electrons. The molecule has 0 aliphatic heterocycles. The van der Waals surface area contributed by atoms with E-state index >= 15 is 0 Å². The summed E-state index contributed by atoms with van der Waals surface area (Å²) in [6.07, 6.45) is 0. The number of carbonyl (C=O) groups is 1. The van der Waals surface area contributed by atoms with Crippen molar-refractivity contribution < 1.29 is 9.53 Å². The fourth-order valence-electron chi connectivity index (χ4n) is 2.30. The summed E-state index contributed by atoms with van der Waals surface area (Å²) in [5, 5.41) is 21.2. The second-order valence-corrected chi connectivity index (χ2v) is 5.15. The van der Waals surface area contributed by atoms with Gasteiger partial charge in [-0.2, -0.15) is 10.5 Å². The van der Waals surface area contributed by atoms with Gasteiger partial charge in [0.15, 0.2) is 11.5 Å². The molecule has 0 radical (unpaired) electrons. The summed E-state index contributed by atoms with van der Waals surface area (Å²) in [7, 11) is 0. The maximum atomic E-state index is 12.0. The average molecular weight is 340 g/mol. The van der Waals surface area contributed by atoms with Crippen LogP contribution in [0.15, 0.2) is 24.3 Å². The Kier molecular flexibility index (Phi) is 3.95. The molecular weight excluding hydrogens is 330 g/mol. The van der Waals surface area contributed by atoms with Crippen molar-refractivity contribution in [2.75, 3.05) is 6.61 Å². The third-order valence-electron chi connectivity index (χ3n) is 3.40. The number of H-pyrrole nitrogens is 1. The van der Waals surface area contributed by atoms with Gasteiger partial charge < -0.3 is 4.74 Å². The quantitative estimate of drug-likeness (QED) is 0.738. The zero-order valence-electron chi connectivity index (χ0n) is 12.5. The van der Waals surface area contributed by atoms with Crippen molar-refractivity contribution in [3.05, 3.63) is 46.1 Å². The molecule has 1 aromatic carbocycles. The topological polar surface area (TPSA) is 107 Å². The number of aromatic nitrogens is 3. The van der Waals surface area contributed by atoms with E-state index in [1.54, 1.807) is 31.2 Å². The molecule has 3 aromatic rings. The highest BCUT2D eigenvalue weighted by molar-refractivity contribution is 6.33. The molecule has 0 unspecified atom stereocenters. The highest BCUT2D eigenvalue weighted by Gasteiger charge is 2.26. The number of carbonyl (C=O) groups excluding carboxylic acids is 1. The van der Waals surface area contributed by atoms with E-state index in [9.17, 15) is 10.1 Å². The molecule has 0 spiro atoms. The molecule has 0 aliphatic rings. The summed E-state index contributed by atoms with van der Waals surface area (Å²) in [4.78, 5) is 16.3. The number of fused-ring (bicyclic) bond motifs is 1. The van der Waals surface area contributed by atoms with E-state index in [0.717, 1.165) is 5.56 Å². The van der Waals surface area contributed by atoms with E-state index in [1.807, 2.05) is 12.1 Å². The zero-order valence-corrected chi connectivity index (χ0v) is 13.3. The van der Waals surface area contributed by atoms with Crippen molar-refractivity contribution in [3.63, 3.8) is 0 Å². The number of nitrogens with one attached hydrogen (secondary N) is 1. The molecular formula is C16H10ClN5O2. The number of aromatic amines is 1. The lowest BCUT2D eigenvalue weighted by atomic mass is 10.1. The maximum Gasteiger partial charge on any atom is 0.342 e. The Morgan fingerprint density at radius 1 is 1.33 bits per heavy atom. The van der Waals surface area contributed by atoms with Crippen LogP contribution in [0, 0.1) is 22.7 Å². The molecule has 8 heteroatoms. The summed E-state index contributed by atoms with van der Waals surface area (Å²) in [5.74, 6) is -0.207. The molecule has 7 nitrogen and oxygen atoms in total. The van der Waals surface area contributed by atoms with Crippen LogP contribution in [-0.4, -0.2) is 27.2 Å². The summed E-state index contributed by atoms with van der Waals surface area (Å²) < 4.78 is 6.29. The number of nitrogens with zero attached hydrogens (tertiary/aromatic N) is 4. The largest absolute Gasteiger partial charge is 0.462 e. The monoisotopic (exact) mass is 339 g/mol. The minimum absolute atomic E-state index is 0.00820. The summed E-state index contributed by atoms with van der Waals surface area (Å²) >= 11 is 6.22. The molecule has 2 aromatic heterocycles. The highest BCUT2D eigenvalue weighted by Crippen LogP contribution is 2.29. The van der Waals surface area contributed by atoms with Crippen LogP contribution in [0.5, 0.6) is 0 Å². The van der Waals surface area contributed by atoms with Crippen LogP contribution >= 0.6 is 11.6 Å². The van der Waals surface area contributed by atoms with Gasteiger partial charge in [0.25, 0.3) is 0 Å². The van der Waals surface area contributed by atoms with Gasteiger partial charge in [0.1, 0.15) is 22.3 Å². The van der Waals surface area contributed by atoms with Crippen molar-refractivity contribution in [2.24, 2.45) is 0 Å². The minimum atomic E-state index is -0.669.